The van der Waals surface area contributed by atoms with Crippen LogP contribution < -0.4 is 5.73 Å². The second kappa shape index (κ2) is 2.24. The summed E-state index contributed by atoms with van der Waals surface area (Å²) in [5, 5.41) is 2.22. The van der Waals surface area contributed by atoms with Crippen LogP contribution >= 0.6 is 11.3 Å². The second-order valence-electron chi connectivity index (χ2n) is 2.59. The Balaban J connectivity index is 2.92. The van der Waals surface area contributed by atoms with Gasteiger partial charge in [0.2, 0.25) is 0 Å². The Kier molecular flexibility index (Phi) is 1.36. The highest BCUT2D eigenvalue weighted by Gasteiger charge is 2.02. The van der Waals surface area contributed by atoms with E-state index in [1.165, 1.54) is 15.6 Å². The van der Waals surface area contributed by atoms with Crippen LogP contribution in [0, 0.1) is 6.92 Å². The lowest BCUT2D eigenvalue weighted by Gasteiger charge is -1.88. The van der Waals surface area contributed by atoms with Crippen LogP contribution in [0.25, 0.3) is 10.1 Å². The maximum absolute atomic E-state index is 5.77. The molecule has 2 N–H and O–H groups in total. The summed E-state index contributed by atoms with van der Waals surface area (Å²) >= 11 is 1.66. The lowest BCUT2D eigenvalue weighted by atomic mass is 10.2. The van der Waals surface area contributed by atoms with Crippen molar-refractivity contribution < 1.29 is 0 Å². The zero-order valence-corrected chi connectivity index (χ0v) is 7.11. The molecule has 2 rings (SSSR count). The highest BCUT2D eigenvalue weighted by Crippen LogP contribution is 2.31. The molecule has 0 amide bonds. The molecule has 56 valence electrons. The Hall–Kier alpha value is -1.02. The zero-order valence-electron chi connectivity index (χ0n) is 6.29. The molecule has 0 aliphatic rings. The molecule has 0 aliphatic heterocycles. The van der Waals surface area contributed by atoms with Gasteiger partial charge < -0.3 is 5.73 Å². The number of thiophene rings is 1. The number of rotatable bonds is 0. The lowest BCUT2D eigenvalue weighted by Crippen LogP contribution is -1.79. The number of fused-ring (bicyclic) bond motifs is 1. The Morgan fingerprint density at radius 3 is 2.73 bits per heavy atom. The van der Waals surface area contributed by atoms with Crippen LogP contribution in [0.5, 0.6) is 0 Å². The first kappa shape index (κ1) is 6.68. The molecular weight excluding hydrogens is 154 g/mol. The summed E-state index contributed by atoms with van der Waals surface area (Å²) in [6, 6.07) is 8.29. The summed E-state index contributed by atoms with van der Waals surface area (Å²) in [7, 11) is 0. The van der Waals surface area contributed by atoms with Crippen molar-refractivity contribution in [1.82, 2.24) is 0 Å². The molecule has 1 aromatic carbocycles. The summed E-state index contributed by atoms with van der Waals surface area (Å²) < 4.78 is 1.28. The molecule has 0 spiro atoms. The van der Waals surface area contributed by atoms with E-state index in [0.717, 1.165) is 5.00 Å². The number of anilines is 1. The third kappa shape index (κ3) is 0.906. The highest BCUT2D eigenvalue weighted by atomic mass is 32.1. The van der Waals surface area contributed by atoms with Gasteiger partial charge in [-0.2, -0.15) is 0 Å². The molecule has 0 saturated carbocycles. The summed E-state index contributed by atoms with van der Waals surface area (Å²) in [6.45, 7) is 2.06. The fraction of sp³-hybridized carbons (Fsp3) is 0.111. The average Bonchev–Trinajstić information content (AvgIpc) is 2.30. The summed E-state index contributed by atoms with van der Waals surface area (Å²) in [4.78, 5) is 0. The number of aryl methyl sites for hydroxylation is 1. The fourth-order valence-corrected chi connectivity index (χ4v) is 2.17. The van der Waals surface area contributed by atoms with Gasteiger partial charge in [0.05, 0.1) is 5.00 Å². The van der Waals surface area contributed by atoms with Crippen molar-refractivity contribution in [3.63, 3.8) is 0 Å². The van der Waals surface area contributed by atoms with Crippen LogP contribution in [0.3, 0.4) is 0 Å². The lowest BCUT2D eigenvalue weighted by molar-refractivity contribution is 1.59. The van der Waals surface area contributed by atoms with E-state index in [1.54, 1.807) is 11.3 Å². The summed E-state index contributed by atoms with van der Waals surface area (Å²) in [5.74, 6) is 0. The number of benzene rings is 1. The molecule has 11 heavy (non-hydrogen) atoms. The van der Waals surface area contributed by atoms with Crippen LogP contribution in [-0.4, -0.2) is 0 Å². The Morgan fingerprint density at radius 1 is 1.27 bits per heavy atom. The standard InChI is InChI=1S/C9H9NS/c1-6-7-4-2-3-5-8(7)11-9(6)10/h2-5H,10H2,1H3. The fourth-order valence-electron chi connectivity index (χ4n) is 1.19. The molecule has 2 aromatic rings. The van der Waals surface area contributed by atoms with Gasteiger partial charge in [0.1, 0.15) is 0 Å². The predicted molar refractivity (Wildman–Crippen MR) is 51.0 cm³/mol. The maximum atomic E-state index is 5.77. The predicted octanol–water partition coefficient (Wildman–Crippen LogP) is 2.79. The van der Waals surface area contributed by atoms with Gasteiger partial charge in [0.15, 0.2) is 0 Å². The van der Waals surface area contributed by atoms with E-state index in [2.05, 4.69) is 19.1 Å². The molecule has 2 heteroatoms. The summed E-state index contributed by atoms with van der Waals surface area (Å²) in [6.07, 6.45) is 0. The first-order valence-corrected chi connectivity index (χ1v) is 4.34. The van der Waals surface area contributed by atoms with Crippen molar-refractivity contribution in [3.8, 4) is 0 Å². The van der Waals surface area contributed by atoms with Gasteiger partial charge in [-0.15, -0.1) is 11.3 Å². The molecule has 0 unspecified atom stereocenters. The number of hydrogen-bond acceptors (Lipinski definition) is 2. The van der Waals surface area contributed by atoms with Crippen molar-refractivity contribution >= 4 is 26.4 Å². The van der Waals surface area contributed by atoms with Crippen LogP contribution in [-0.2, 0) is 0 Å². The van der Waals surface area contributed by atoms with Crippen LogP contribution in [0.4, 0.5) is 5.00 Å². The van der Waals surface area contributed by atoms with Crippen molar-refractivity contribution in [2.24, 2.45) is 0 Å². The number of nitrogens with two attached hydrogens (primary N) is 1. The summed E-state index contributed by atoms with van der Waals surface area (Å²) in [5.41, 5.74) is 6.98. The highest BCUT2D eigenvalue weighted by molar-refractivity contribution is 7.22. The molecule has 1 nitrogen and oxygen atoms in total. The molecular formula is C9H9NS. The number of nitrogen functional groups attached to an aromatic ring is 1. The maximum Gasteiger partial charge on any atom is 0.0898 e. The van der Waals surface area contributed by atoms with Crippen molar-refractivity contribution in [3.05, 3.63) is 29.8 Å². The van der Waals surface area contributed by atoms with Crippen molar-refractivity contribution in [2.75, 3.05) is 5.73 Å². The van der Waals surface area contributed by atoms with E-state index in [4.69, 9.17) is 5.73 Å². The van der Waals surface area contributed by atoms with Gasteiger partial charge in [0.25, 0.3) is 0 Å². The molecule has 0 atom stereocenters. The molecule has 0 fully saturated rings. The monoisotopic (exact) mass is 163 g/mol. The Labute approximate surface area is 69.5 Å². The minimum Gasteiger partial charge on any atom is -0.390 e. The van der Waals surface area contributed by atoms with Crippen molar-refractivity contribution in [2.45, 2.75) is 6.92 Å². The van der Waals surface area contributed by atoms with E-state index >= 15 is 0 Å². The van der Waals surface area contributed by atoms with Gasteiger partial charge in [-0.05, 0) is 23.9 Å². The molecule has 0 saturated heterocycles. The minimum absolute atomic E-state index is 0.936. The number of hydrogen-bond donors (Lipinski definition) is 1. The normalized spacial score (nSPS) is 10.6. The Morgan fingerprint density at radius 2 is 2.00 bits per heavy atom. The van der Waals surface area contributed by atoms with Crippen molar-refractivity contribution in [1.29, 1.82) is 0 Å². The van der Waals surface area contributed by atoms with E-state index in [0.29, 0.717) is 0 Å². The topological polar surface area (TPSA) is 26.0 Å². The van der Waals surface area contributed by atoms with E-state index < -0.39 is 0 Å². The first-order valence-electron chi connectivity index (χ1n) is 3.52. The SMILES string of the molecule is Cc1c(N)sc2ccccc12. The third-order valence-electron chi connectivity index (χ3n) is 1.88. The van der Waals surface area contributed by atoms with E-state index in [-0.39, 0.29) is 0 Å². The molecule has 0 bridgehead atoms. The Bertz CT molecular complexity index is 389. The first-order chi connectivity index (χ1) is 5.29. The molecule has 0 aliphatic carbocycles. The third-order valence-corrected chi connectivity index (χ3v) is 2.98. The largest absolute Gasteiger partial charge is 0.390 e. The van der Waals surface area contributed by atoms with Gasteiger partial charge in [-0.3, -0.25) is 0 Å². The molecule has 1 aromatic heterocycles. The minimum atomic E-state index is 0.936. The molecule has 0 radical (unpaired) electrons. The second-order valence-corrected chi connectivity index (χ2v) is 3.67. The van der Waals surface area contributed by atoms with Gasteiger partial charge in [-0.25, -0.2) is 0 Å². The van der Waals surface area contributed by atoms with Gasteiger partial charge in [0, 0.05) is 4.70 Å². The van der Waals surface area contributed by atoms with Gasteiger partial charge >= 0.3 is 0 Å². The van der Waals surface area contributed by atoms with Gasteiger partial charge in [-0.1, -0.05) is 18.2 Å². The molecule has 1 heterocycles. The van der Waals surface area contributed by atoms with E-state index in [9.17, 15) is 0 Å². The smallest absolute Gasteiger partial charge is 0.0898 e. The zero-order chi connectivity index (χ0) is 7.84. The van der Waals surface area contributed by atoms with Crippen LogP contribution in [0.15, 0.2) is 24.3 Å². The quantitative estimate of drug-likeness (QED) is 0.635. The van der Waals surface area contributed by atoms with E-state index in [1.807, 2.05) is 12.1 Å². The average molecular weight is 163 g/mol. The van der Waals surface area contributed by atoms with Crippen LogP contribution in [0.2, 0.25) is 0 Å². The van der Waals surface area contributed by atoms with Crippen LogP contribution in [0.1, 0.15) is 5.56 Å².